The number of ether oxygens (including phenoxy) is 1. The first-order valence-electron chi connectivity index (χ1n) is 6.86. The van der Waals surface area contributed by atoms with E-state index < -0.39 is 10.0 Å². The quantitative estimate of drug-likeness (QED) is 0.375. The minimum absolute atomic E-state index is 0.434. The van der Waals surface area contributed by atoms with Crippen molar-refractivity contribution in [3.05, 3.63) is 0 Å². The Morgan fingerprint density at radius 1 is 1.45 bits per heavy atom. The van der Waals surface area contributed by atoms with Crippen LogP contribution >= 0.6 is 0 Å². The van der Waals surface area contributed by atoms with Crippen molar-refractivity contribution in [1.82, 2.24) is 14.9 Å². The van der Waals surface area contributed by atoms with Crippen LogP contribution in [-0.2, 0) is 14.8 Å². The van der Waals surface area contributed by atoms with Crippen LogP contribution in [0.2, 0.25) is 0 Å². The number of hydrogen-bond donors (Lipinski definition) is 2. The van der Waals surface area contributed by atoms with Crippen LogP contribution in [0, 0.1) is 5.92 Å². The molecule has 1 rings (SSSR count). The number of rotatable bonds is 7. The molecule has 0 aliphatic carbocycles. The molecular weight excluding hydrogens is 280 g/mol. The molecule has 0 aromatic carbocycles. The lowest BCUT2D eigenvalue weighted by atomic mass is 10.1. The van der Waals surface area contributed by atoms with Crippen molar-refractivity contribution in [2.45, 2.75) is 12.8 Å². The zero-order chi connectivity index (χ0) is 15.0. The molecule has 0 amide bonds. The second-order valence-corrected chi connectivity index (χ2v) is 6.94. The lowest BCUT2D eigenvalue weighted by molar-refractivity contribution is 0.181. The predicted molar refractivity (Wildman–Crippen MR) is 80.4 cm³/mol. The summed E-state index contributed by atoms with van der Waals surface area (Å²) in [4.78, 5) is 6.32. The normalized spacial score (nSPS) is 20.1. The molecule has 0 bridgehead atoms. The van der Waals surface area contributed by atoms with Crippen molar-refractivity contribution < 1.29 is 13.2 Å². The second kappa shape index (κ2) is 8.43. The molecule has 1 aliphatic rings. The number of nitrogens with one attached hydrogen (secondary N) is 2. The third kappa shape index (κ3) is 7.06. The fraction of sp³-hybridized carbons (Fsp3) is 0.917. The topological polar surface area (TPSA) is 83.0 Å². The van der Waals surface area contributed by atoms with E-state index in [0.29, 0.717) is 25.4 Å². The van der Waals surface area contributed by atoms with E-state index >= 15 is 0 Å². The molecule has 1 atom stereocenters. The standard InChI is InChI=1S/C12H26N4O3S/c1-13-12(14-6-4-7-15-20(3,17)18)16(2)9-11-5-8-19-10-11/h11,15H,4-10H2,1-3H3,(H,13,14). The van der Waals surface area contributed by atoms with Crippen molar-refractivity contribution in [3.8, 4) is 0 Å². The average molecular weight is 306 g/mol. The molecule has 20 heavy (non-hydrogen) atoms. The van der Waals surface area contributed by atoms with E-state index in [1.54, 1.807) is 7.05 Å². The Morgan fingerprint density at radius 2 is 2.20 bits per heavy atom. The lowest BCUT2D eigenvalue weighted by Gasteiger charge is -2.24. The fourth-order valence-corrected chi connectivity index (χ4v) is 2.65. The van der Waals surface area contributed by atoms with Gasteiger partial charge in [0.05, 0.1) is 12.9 Å². The van der Waals surface area contributed by atoms with Gasteiger partial charge in [-0.05, 0) is 12.8 Å². The third-order valence-electron chi connectivity index (χ3n) is 3.13. The van der Waals surface area contributed by atoms with Gasteiger partial charge >= 0.3 is 0 Å². The van der Waals surface area contributed by atoms with Gasteiger partial charge in [0.25, 0.3) is 0 Å². The molecular formula is C12H26N4O3S. The highest BCUT2D eigenvalue weighted by atomic mass is 32.2. The monoisotopic (exact) mass is 306 g/mol. The Morgan fingerprint density at radius 3 is 2.75 bits per heavy atom. The molecule has 0 saturated carbocycles. The Balaban J connectivity index is 2.21. The van der Waals surface area contributed by atoms with Gasteiger partial charge in [0, 0.05) is 46.3 Å². The minimum Gasteiger partial charge on any atom is -0.381 e. The first-order valence-corrected chi connectivity index (χ1v) is 8.75. The lowest BCUT2D eigenvalue weighted by Crippen LogP contribution is -2.42. The van der Waals surface area contributed by atoms with Crippen LogP contribution < -0.4 is 10.0 Å². The van der Waals surface area contributed by atoms with E-state index in [2.05, 4.69) is 19.9 Å². The highest BCUT2D eigenvalue weighted by Gasteiger charge is 2.18. The summed E-state index contributed by atoms with van der Waals surface area (Å²) < 4.78 is 29.6. The number of aliphatic imine (C=N–C) groups is 1. The summed E-state index contributed by atoms with van der Waals surface area (Å²) in [6, 6.07) is 0. The summed E-state index contributed by atoms with van der Waals surface area (Å²) in [6.07, 6.45) is 2.98. The highest BCUT2D eigenvalue weighted by Crippen LogP contribution is 2.13. The number of sulfonamides is 1. The van der Waals surface area contributed by atoms with E-state index in [4.69, 9.17) is 4.74 Å². The van der Waals surface area contributed by atoms with E-state index in [1.807, 2.05) is 7.05 Å². The van der Waals surface area contributed by atoms with E-state index in [-0.39, 0.29) is 0 Å². The van der Waals surface area contributed by atoms with Gasteiger partial charge < -0.3 is 15.0 Å². The van der Waals surface area contributed by atoms with Crippen molar-refractivity contribution in [3.63, 3.8) is 0 Å². The number of hydrogen-bond acceptors (Lipinski definition) is 4. The smallest absolute Gasteiger partial charge is 0.208 e. The van der Waals surface area contributed by atoms with Gasteiger partial charge in [-0.15, -0.1) is 0 Å². The summed E-state index contributed by atoms with van der Waals surface area (Å²) in [5.74, 6) is 1.39. The van der Waals surface area contributed by atoms with Crippen LogP contribution in [0.5, 0.6) is 0 Å². The zero-order valence-electron chi connectivity index (χ0n) is 12.6. The van der Waals surface area contributed by atoms with Crippen LogP contribution in [0.15, 0.2) is 4.99 Å². The van der Waals surface area contributed by atoms with Crippen molar-refractivity contribution in [1.29, 1.82) is 0 Å². The molecule has 1 saturated heterocycles. The molecule has 0 spiro atoms. The number of nitrogens with zero attached hydrogens (tertiary/aromatic N) is 2. The molecule has 1 unspecified atom stereocenters. The number of guanidine groups is 1. The molecule has 2 N–H and O–H groups in total. The van der Waals surface area contributed by atoms with Gasteiger partial charge in [0.15, 0.2) is 5.96 Å². The molecule has 1 aliphatic heterocycles. The summed E-state index contributed by atoms with van der Waals surface area (Å²) in [5.41, 5.74) is 0. The Bertz CT molecular complexity index is 405. The van der Waals surface area contributed by atoms with E-state index in [0.717, 1.165) is 38.4 Å². The van der Waals surface area contributed by atoms with Crippen LogP contribution in [0.4, 0.5) is 0 Å². The Hall–Kier alpha value is -0.860. The molecule has 7 nitrogen and oxygen atoms in total. The first-order chi connectivity index (χ1) is 9.42. The van der Waals surface area contributed by atoms with Crippen LogP contribution in [0.3, 0.4) is 0 Å². The summed E-state index contributed by atoms with van der Waals surface area (Å²) in [5, 5.41) is 3.23. The molecule has 8 heteroatoms. The average Bonchev–Trinajstić information content (AvgIpc) is 2.85. The molecule has 0 radical (unpaired) electrons. The second-order valence-electron chi connectivity index (χ2n) is 5.10. The minimum atomic E-state index is -3.09. The molecule has 0 aromatic heterocycles. The Labute approximate surface area is 121 Å². The summed E-state index contributed by atoms with van der Waals surface area (Å²) >= 11 is 0. The van der Waals surface area contributed by atoms with E-state index in [1.165, 1.54) is 0 Å². The maximum absolute atomic E-state index is 10.9. The molecule has 1 heterocycles. The highest BCUT2D eigenvalue weighted by molar-refractivity contribution is 7.88. The van der Waals surface area contributed by atoms with Crippen LogP contribution in [-0.4, -0.2) is 72.5 Å². The van der Waals surface area contributed by atoms with Gasteiger partial charge in [-0.25, -0.2) is 13.1 Å². The third-order valence-corrected chi connectivity index (χ3v) is 3.86. The summed E-state index contributed by atoms with van der Waals surface area (Å²) in [6.45, 7) is 3.70. The summed E-state index contributed by atoms with van der Waals surface area (Å²) in [7, 11) is 0.656. The fourth-order valence-electron chi connectivity index (χ4n) is 2.13. The maximum Gasteiger partial charge on any atom is 0.208 e. The van der Waals surface area contributed by atoms with Crippen molar-refractivity contribution >= 4 is 16.0 Å². The van der Waals surface area contributed by atoms with Gasteiger partial charge in [-0.2, -0.15) is 0 Å². The van der Waals surface area contributed by atoms with Crippen LogP contribution in [0.25, 0.3) is 0 Å². The van der Waals surface area contributed by atoms with Gasteiger partial charge in [0.2, 0.25) is 10.0 Å². The SMILES string of the molecule is CN=C(NCCCNS(C)(=O)=O)N(C)CC1CCOC1. The maximum atomic E-state index is 10.9. The van der Waals surface area contributed by atoms with Crippen LogP contribution in [0.1, 0.15) is 12.8 Å². The van der Waals surface area contributed by atoms with Gasteiger partial charge in [-0.1, -0.05) is 0 Å². The molecule has 118 valence electrons. The van der Waals surface area contributed by atoms with Crippen molar-refractivity contribution in [2.75, 3.05) is 53.2 Å². The van der Waals surface area contributed by atoms with E-state index in [9.17, 15) is 8.42 Å². The molecule has 1 fully saturated rings. The predicted octanol–water partition coefficient (Wildman–Crippen LogP) is -0.531. The van der Waals surface area contributed by atoms with Gasteiger partial charge in [0.1, 0.15) is 0 Å². The zero-order valence-corrected chi connectivity index (χ0v) is 13.4. The Kier molecular flexibility index (Phi) is 7.25. The first kappa shape index (κ1) is 17.2. The molecule has 0 aromatic rings. The largest absolute Gasteiger partial charge is 0.381 e. The van der Waals surface area contributed by atoms with Gasteiger partial charge in [-0.3, -0.25) is 4.99 Å². The van der Waals surface area contributed by atoms with Crippen molar-refractivity contribution in [2.24, 2.45) is 10.9 Å².